The fourth-order valence-electron chi connectivity index (χ4n) is 2.51. The van der Waals surface area contributed by atoms with E-state index in [9.17, 15) is 4.79 Å². The molecule has 0 aliphatic carbocycles. The van der Waals surface area contributed by atoms with Crippen LogP contribution in [0, 0.1) is 0 Å². The zero-order valence-electron chi connectivity index (χ0n) is 12.5. The number of allylic oxidation sites excluding steroid dienone is 1. The summed E-state index contributed by atoms with van der Waals surface area (Å²) in [7, 11) is 0. The van der Waals surface area contributed by atoms with Gasteiger partial charge >= 0.3 is 0 Å². The van der Waals surface area contributed by atoms with Crippen LogP contribution in [-0.4, -0.2) is 21.6 Å². The Morgan fingerprint density at radius 1 is 1.25 bits per heavy atom. The number of aromatic nitrogens is 2. The second-order valence-corrected chi connectivity index (χ2v) is 6.25. The van der Waals surface area contributed by atoms with Crippen molar-refractivity contribution in [1.82, 2.24) is 9.97 Å². The molecule has 1 aliphatic rings. The summed E-state index contributed by atoms with van der Waals surface area (Å²) in [5, 5.41) is 0.944. The molecule has 24 heavy (non-hydrogen) atoms. The molecular weight excluding hydrogens is 370 g/mol. The van der Waals surface area contributed by atoms with Crippen LogP contribution in [-0.2, 0) is 9.53 Å². The monoisotopic (exact) mass is 381 g/mol. The van der Waals surface area contributed by atoms with Gasteiger partial charge in [0, 0.05) is 27.8 Å². The average molecular weight is 382 g/mol. The van der Waals surface area contributed by atoms with Crippen LogP contribution >= 0.6 is 15.9 Å². The molecule has 118 valence electrons. The van der Waals surface area contributed by atoms with Crippen LogP contribution in [0.4, 0.5) is 5.69 Å². The number of ketones is 1. The Morgan fingerprint density at radius 2 is 2.08 bits per heavy atom. The van der Waals surface area contributed by atoms with Gasteiger partial charge in [-0.3, -0.25) is 4.79 Å². The summed E-state index contributed by atoms with van der Waals surface area (Å²) in [4.78, 5) is 23.9. The molecule has 0 bridgehead atoms. The molecule has 0 saturated carbocycles. The van der Waals surface area contributed by atoms with Gasteiger partial charge in [-0.05, 0) is 42.5 Å². The van der Waals surface area contributed by atoms with Crippen molar-refractivity contribution in [3.05, 3.63) is 64.6 Å². The highest BCUT2D eigenvalue weighted by Gasteiger charge is 2.26. The molecular formula is C18H12BrN3O2. The highest BCUT2D eigenvalue weighted by atomic mass is 79.9. The van der Waals surface area contributed by atoms with E-state index in [0.29, 0.717) is 11.7 Å². The molecule has 3 heterocycles. The number of H-pyrrole nitrogens is 1. The van der Waals surface area contributed by atoms with Gasteiger partial charge in [-0.25, -0.2) is 9.98 Å². The summed E-state index contributed by atoms with van der Waals surface area (Å²) in [6.45, 7) is 0. The average Bonchev–Trinajstić information content (AvgIpc) is 3.14. The van der Waals surface area contributed by atoms with Crippen molar-refractivity contribution in [2.75, 3.05) is 0 Å². The molecule has 5 nitrogen and oxygen atoms in total. The SMILES string of the molecule is O=C1CC(=Nc2ccc(Br)cc2)O/C1=C\c1c[nH]c2ncccc12. The normalized spacial score (nSPS) is 17.8. The highest BCUT2D eigenvalue weighted by molar-refractivity contribution is 9.10. The molecule has 2 aromatic heterocycles. The van der Waals surface area contributed by atoms with Crippen LogP contribution in [0.25, 0.3) is 17.1 Å². The van der Waals surface area contributed by atoms with Gasteiger partial charge in [-0.15, -0.1) is 0 Å². The van der Waals surface area contributed by atoms with Gasteiger partial charge < -0.3 is 9.72 Å². The molecule has 3 aromatic rings. The number of pyridine rings is 1. The van der Waals surface area contributed by atoms with Crippen molar-refractivity contribution in [3.8, 4) is 0 Å². The van der Waals surface area contributed by atoms with Crippen molar-refractivity contribution in [2.24, 2.45) is 4.99 Å². The fourth-order valence-corrected chi connectivity index (χ4v) is 2.78. The van der Waals surface area contributed by atoms with Gasteiger partial charge in [0.2, 0.25) is 11.7 Å². The Labute approximate surface area is 146 Å². The predicted octanol–water partition coefficient (Wildman–Crippen LogP) is 4.39. The van der Waals surface area contributed by atoms with Crippen molar-refractivity contribution in [1.29, 1.82) is 0 Å². The number of carbonyl (C=O) groups is 1. The number of nitrogens with zero attached hydrogens (tertiary/aromatic N) is 2. The third-order valence-electron chi connectivity index (χ3n) is 3.66. The zero-order chi connectivity index (χ0) is 16.5. The summed E-state index contributed by atoms with van der Waals surface area (Å²) in [5.41, 5.74) is 2.39. The van der Waals surface area contributed by atoms with Gasteiger partial charge in [-0.2, -0.15) is 0 Å². The lowest BCUT2D eigenvalue weighted by Crippen LogP contribution is -1.92. The van der Waals surface area contributed by atoms with Gasteiger partial charge in [0.25, 0.3) is 0 Å². The number of aromatic amines is 1. The third-order valence-corrected chi connectivity index (χ3v) is 4.19. The topological polar surface area (TPSA) is 67.3 Å². The van der Waals surface area contributed by atoms with Crippen LogP contribution in [0.2, 0.25) is 0 Å². The van der Waals surface area contributed by atoms with E-state index in [-0.39, 0.29) is 12.2 Å². The second kappa shape index (κ2) is 6.05. The van der Waals surface area contributed by atoms with Crippen LogP contribution < -0.4 is 0 Å². The van der Waals surface area contributed by atoms with E-state index >= 15 is 0 Å². The number of carbonyl (C=O) groups excluding carboxylic acids is 1. The Morgan fingerprint density at radius 3 is 2.92 bits per heavy atom. The molecule has 1 N–H and O–H groups in total. The highest BCUT2D eigenvalue weighted by Crippen LogP contribution is 2.25. The molecule has 0 unspecified atom stereocenters. The molecule has 0 amide bonds. The minimum absolute atomic E-state index is 0.0795. The van der Waals surface area contributed by atoms with E-state index in [0.717, 1.165) is 26.8 Å². The van der Waals surface area contributed by atoms with Gasteiger partial charge in [-0.1, -0.05) is 15.9 Å². The second-order valence-electron chi connectivity index (χ2n) is 5.34. The maximum absolute atomic E-state index is 12.2. The van der Waals surface area contributed by atoms with Crippen LogP contribution in [0.15, 0.2) is 64.0 Å². The van der Waals surface area contributed by atoms with E-state index in [1.807, 2.05) is 42.6 Å². The zero-order valence-corrected chi connectivity index (χ0v) is 14.1. The first-order chi connectivity index (χ1) is 11.7. The first kappa shape index (κ1) is 14.8. The Hall–Kier alpha value is -2.73. The fraction of sp³-hybridized carbons (Fsp3) is 0.0556. The number of rotatable bonds is 2. The number of hydrogen-bond donors (Lipinski definition) is 1. The smallest absolute Gasteiger partial charge is 0.207 e. The molecule has 1 aromatic carbocycles. The van der Waals surface area contributed by atoms with E-state index in [1.54, 1.807) is 12.3 Å². The van der Waals surface area contributed by atoms with Crippen molar-refractivity contribution < 1.29 is 9.53 Å². The summed E-state index contributed by atoms with van der Waals surface area (Å²) in [5.74, 6) is 0.631. The lowest BCUT2D eigenvalue weighted by molar-refractivity contribution is -0.114. The molecule has 0 atom stereocenters. The van der Waals surface area contributed by atoms with Gasteiger partial charge in [0.15, 0.2) is 5.76 Å². The molecule has 1 saturated heterocycles. The van der Waals surface area contributed by atoms with E-state index in [2.05, 4.69) is 30.9 Å². The summed E-state index contributed by atoms with van der Waals surface area (Å²) < 4.78 is 6.62. The minimum atomic E-state index is -0.0795. The Bertz CT molecular complexity index is 987. The van der Waals surface area contributed by atoms with E-state index < -0.39 is 0 Å². The Kier molecular flexibility index (Phi) is 3.74. The van der Waals surface area contributed by atoms with E-state index in [4.69, 9.17) is 4.74 Å². The standard InChI is InChI=1S/C18H12BrN3O2/c19-12-3-5-13(6-4-12)22-17-9-15(23)16(24-17)8-11-10-21-18-14(11)2-1-7-20-18/h1-8,10H,9H2,(H,20,21)/b16-8-,22-17?. The molecule has 0 radical (unpaired) electrons. The van der Waals surface area contributed by atoms with Crippen molar-refractivity contribution in [2.45, 2.75) is 6.42 Å². The number of fused-ring (bicyclic) bond motifs is 1. The maximum Gasteiger partial charge on any atom is 0.207 e. The largest absolute Gasteiger partial charge is 0.439 e. The number of Topliss-reactive ketones (excluding diaryl/α,β-unsaturated/α-hetero) is 1. The Balaban J connectivity index is 1.63. The van der Waals surface area contributed by atoms with Gasteiger partial charge in [0.1, 0.15) is 5.65 Å². The number of hydrogen-bond acceptors (Lipinski definition) is 4. The number of benzene rings is 1. The minimum Gasteiger partial charge on any atom is -0.439 e. The first-order valence-electron chi connectivity index (χ1n) is 7.37. The number of ether oxygens (including phenoxy) is 1. The summed E-state index contributed by atoms with van der Waals surface area (Å²) in [6.07, 6.45) is 5.43. The van der Waals surface area contributed by atoms with Crippen LogP contribution in [0.5, 0.6) is 0 Å². The number of halogens is 1. The quantitative estimate of drug-likeness (QED) is 0.669. The van der Waals surface area contributed by atoms with Crippen LogP contribution in [0.1, 0.15) is 12.0 Å². The molecule has 1 aliphatic heterocycles. The predicted molar refractivity (Wildman–Crippen MR) is 96.0 cm³/mol. The molecule has 6 heteroatoms. The lowest BCUT2D eigenvalue weighted by atomic mass is 10.1. The number of aliphatic imine (C=N–C) groups is 1. The molecule has 4 rings (SSSR count). The number of nitrogens with one attached hydrogen (secondary N) is 1. The third kappa shape index (κ3) is 2.88. The lowest BCUT2D eigenvalue weighted by Gasteiger charge is -1.99. The molecule has 0 spiro atoms. The van der Waals surface area contributed by atoms with Crippen molar-refractivity contribution in [3.63, 3.8) is 0 Å². The van der Waals surface area contributed by atoms with Gasteiger partial charge in [0.05, 0.1) is 12.1 Å². The summed E-state index contributed by atoms with van der Waals surface area (Å²) >= 11 is 3.38. The van der Waals surface area contributed by atoms with E-state index in [1.165, 1.54) is 0 Å². The van der Waals surface area contributed by atoms with Crippen LogP contribution in [0.3, 0.4) is 0 Å². The molecule has 1 fully saturated rings. The van der Waals surface area contributed by atoms with Crippen molar-refractivity contribution >= 4 is 50.4 Å². The first-order valence-corrected chi connectivity index (χ1v) is 8.16. The maximum atomic E-state index is 12.2. The summed E-state index contributed by atoms with van der Waals surface area (Å²) in [6, 6.07) is 11.3.